The van der Waals surface area contributed by atoms with Crippen LogP contribution in [0.25, 0.3) is 0 Å². The highest BCUT2D eigenvalue weighted by Gasteiger charge is 2.18. The average Bonchev–Trinajstić information content (AvgIpc) is 2.68. The van der Waals surface area contributed by atoms with Gasteiger partial charge in [0.05, 0.1) is 23.6 Å². The van der Waals surface area contributed by atoms with E-state index in [9.17, 15) is 4.79 Å². The van der Waals surface area contributed by atoms with Crippen LogP contribution in [0, 0.1) is 5.92 Å². The summed E-state index contributed by atoms with van der Waals surface area (Å²) in [4.78, 5) is 26.6. The van der Waals surface area contributed by atoms with Gasteiger partial charge in [0.25, 0.3) is 5.91 Å². The third kappa shape index (κ3) is 5.04. The molecule has 27 heavy (non-hydrogen) atoms. The molecule has 9 heteroatoms. The number of nitrogens with one attached hydrogen (secondary N) is 3. The standard InChI is InChI=1S/C18H26N8O/c1-26(2)18(27)13-9-23-16(25-17-11-22-15(19)10-24-17)7-14(13)21-8-12-3-5-20-6-4-12/h7,9-12,20H,3-6,8H2,1-2H3,(H2,19,22)(H2,21,23,24,25). The van der Waals surface area contributed by atoms with Gasteiger partial charge in [-0.3, -0.25) is 4.79 Å². The Morgan fingerprint density at radius 2 is 1.93 bits per heavy atom. The number of hydrogen-bond donors (Lipinski definition) is 4. The first-order valence-corrected chi connectivity index (χ1v) is 9.04. The van der Waals surface area contributed by atoms with Crippen molar-refractivity contribution in [3.8, 4) is 0 Å². The van der Waals surface area contributed by atoms with Gasteiger partial charge in [0, 0.05) is 32.9 Å². The third-order valence-electron chi connectivity index (χ3n) is 4.51. The Labute approximate surface area is 158 Å². The van der Waals surface area contributed by atoms with Crippen molar-refractivity contribution in [2.45, 2.75) is 12.8 Å². The first kappa shape index (κ1) is 18.8. The monoisotopic (exact) mass is 370 g/mol. The molecule has 0 bridgehead atoms. The minimum Gasteiger partial charge on any atom is -0.384 e. The second-order valence-corrected chi connectivity index (χ2v) is 6.84. The van der Waals surface area contributed by atoms with Gasteiger partial charge < -0.3 is 26.6 Å². The van der Waals surface area contributed by atoms with Crippen LogP contribution in [-0.2, 0) is 0 Å². The van der Waals surface area contributed by atoms with Gasteiger partial charge in [-0.1, -0.05) is 0 Å². The predicted molar refractivity (Wildman–Crippen MR) is 106 cm³/mol. The average molecular weight is 370 g/mol. The highest BCUT2D eigenvalue weighted by atomic mass is 16.2. The van der Waals surface area contributed by atoms with Crippen molar-refractivity contribution in [2.75, 3.05) is 50.1 Å². The van der Waals surface area contributed by atoms with E-state index in [2.05, 4.69) is 30.9 Å². The van der Waals surface area contributed by atoms with E-state index in [0.29, 0.717) is 28.9 Å². The summed E-state index contributed by atoms with van der Waals surface area (Å²) in [6.07, 6.45) is 6.85. The molecule has 0 aromatic carbocycles. The number of carbonyl (C=O) groups excluding carboxylic acids is 1. The molecule has 3 heterocycles. The molecule has 1 aliphatic rings. The van der Waals surface area contributed by atoms with Crippen molar-refractivity contribution in [3.05, 3.63) is 30.2 Å². The molecule has 3 rings (SSSR count). The first-order chi connectivity index (χ1) is 13.0. The van der Waals surface area contributed by atoms with E-state index in [1.165, 1.54) is 12.4 Å². The quantitative estimate of drug-likeness (QED) is 0.601. The number of aromatic nitrogens is 3. The molecule has 1 saturated heterocycles. The van der Waals surface area contributed by atoms with Gasteiger partial charge in [0.1, 0.15) is 17.5 Å². The van der Waals surface area contributed by atoms with Crippen molar-refractivity contribution >= 4 is 29.0 Å². The maximum atomic E-state index is 12.5. The van der Waals surface area contributed by atoms with Crippen LogP contribution in [0.5, 0.6) is 0 Å². The number of piperidine rings is 1. The Hall–Kier alpha value is -2.94. The highest BCUT2D eigenvalue weighted by Crippen LogP contribution is 2.23. The van der Waals surface area contributed by atoms with E-state index < -0.39 is 0 Å². The molecular weight excluding hydrogens is 344 g/mol. The summed E-state index contributed by atoms with van der Waals surface area (Å²) in [6, 6.07) is 1.83. The normalized spacial score (nSPS) is 14.6. The van der Waals surface area contributed by atoms with E-state index >= 15 is 0 Å². The van der Waals surface area contributed by atoms with E-state index in [4.69, 9.17) is 5.73 Å². The summed E-state index contributed by atoms with van der Waals surface area (Å²) in [5, 5.41) is 9.90. The lowest BCUT2D eigenvalue weighted by Gasteiger charge is -2.24. The SMILES string of the molecule is CN(C)C(=O)c1cnc(Nc2cnc(N)cn2)cc1NCC1CCNCC1. The second kappa shape index (κ2) is 8.63. The summed E-state index contributed by atoms with van der Waals surface area (Å²) in [6.45, 7) is 2.89. The molecule has 1 amide bonds. The number of pyridine rings is 1. The van der Waals surface area contributed by atoms with Crippen LogP contribution in [0.4, 0.5) is 23.1 Å². The second-order valence-electron chi connectivity index (χ2n) is 6.84. The Bertz CT molecular complexity index is 771. The van der Waals surface area contributed by atoms with Crippen molar-refractivity contribution in [1.29, 1.82) is 0 Å². The minimum atomic E-state index is -0.0888. The largest absolute Gasteiger partial charge is 0.384 e. The van der Waals surface area contributed by atoms with E-state index in [1.807, 2.05) is 6.07 Å². The third-order valence-corrected chi connectivity index (χ3v) is 4.51. The molecular formula is C18H26N8O. The molecule has 0 spiro atoms. The molecule has 0 aliphatic carbocycles. The van der Waals surface area contributed by atoms with Crippen LogP contribution in [0.3, 0.4) is 0 Å². The molecule has 1 fully saturated rings. The lowest BCUT2D eigenvalue weighted by Crippen LogP contribution is -2.31. The zero-order valence-electron chi connectivity index (χ0n) is 15.7. The van der Waals surface area contributed by atoms with Gasteiger partial charge in [0.2, 0.25) is 0 Å². The minimum absolute atomic E-state index is 0.0888. The number of nitrogen functional groups attached to an aromatic ring is 1. The van der Waals surface area contributed by atoms with Gasteiger partial charge in [-0.2, -0.15) is 0 Å². The molecule has 9 nitrogen and oxygen atoms in total. The van der Waals surface area contributed by atoms with Crippen LogP contribution in [-0.4, -0.2) is 59.5 Å². The van der Waals surface area contributed by atoms with Crippen LogP contribution < -0.4 is 21.7 Å². The number of nitrogens with two attached hydrogens (primary N) is 1. The molecule has 5 N–H and O–H groups in total. The number of amides is 1. The van der Waals surface area contributed by atoms with E-state index in [-0.39, 0.29) is 5.91 Å². The van der Waals surface area contributed by atoms with Gasteiger partial charge in [-0.15, -0.1) is 0 Å². The van der Waals surface area contributed by atoms with Crippen LogP contribution in [0.2, 0.25) is 0 Å². The summed E-state index contributed by atoms with van der Waals surface area (Å²) < 4.78 is 0. The molecule has 2 aromatic heterocycles. The molecule has 0 saturated carbocycles. The van der Waals surface area contributed by atoms with Gasteiger partial charge in [0.15, 0.2) is 0 Å². The van der Waals surface area contributed by atoms with Crippen LogP contribution >= 0.6 is 0 Å². The maximum absolute atomic E-state index is 12.5. The molecule has 0 radical (unpaired) electrons. The fraction of sp³-hybridized carbons (Fsp3) is 0.444. The van der Waals surface area contributed by atoms with E-state index in [0.717, 1.165) is 38.2 Å². The van der Waals surface area contributed by atoms with Gasteiger partial charge in [-0.05, 0) is 31.8 Å². The number of hydrogen-bond acceptors (Lipinski definition) is 8. The first-order valence-electron chi connectivity index (χ1n) is 9.04. The Morgan fingerprint density at radius 1 is 1.19 bits per heavy atom. The fourth-order valence-electron chi connectivity index (χ4n) is 2.96. The lowest BCUT2D eigenvalue weighted by atomic mass is 9.98. The molecule has 1 aliphatic heterocycles. The maximum Gasteiger partial charge on any atom is 0.257 e. The van der Waals surface area contributed by atoms with Crippen LogP contribution in [0.15, 0.2) is 24.7 Å². The molecule has 0 unspecified atom stereocenters. The van der Waals surface area contributed by atoms with Crippen molar-refractivity contribution < 1.29 is 4.79 Å². The number of nitrogens with zero attached hydrogens (tertiary/aromatic N) is 4. The number of anilines is 4. The summed E-state index contributed by atoms with van der Waals surface area (Å²) in [7, 11) is 3.46. The summed E-state index contributed by atoms with van der Waals surface area (Å²) in [5.74, 6) is 1.96. The van der Waals surface area contributed by atoms with E-state index in [1.54, 1.807) is 25.2 Å². The Morgan fingerprint density at radius 3 is 2.59 bits per heavy atom. The van der Waals surface area contributed by atoms with Crippen LogP contribution in [0.1, 0.15) is 23.2 Å². The molecule has 2 aromatic rings. The van der Waals surface area contributed by atoms with Crippen molar-refractivity contribution in [3.63, 3.8) is 0 Å². The van der Waals surface area contributed by atoms with Gasteiger partial charge in [-0.25, -0.2) is 15.0 Å². The predicted octanol–water partition coefficient (Wildman–Crippen LogP) is 1.31. The zero-order valence-corrected chi connectivity index (χ0v) is 15.7. The Kier molecular flexibility index (Phi) is 6.02. The topological polar surface area (TPSA) is 121 Å². The molecule has 0 atom stereocenters. The summed E-state index contributed by atoms with van der Waals surface area (Å²) >= 11 is 0. The van der Waals surface area contributed by atoms with Crippen molar-refractivity contribution in [1.82, 2.24) is 25.2 Å². The number of rotatable bonds is 6. The van der Waals surface area contributed by atoms with Gasteiger partial charge >= 0.3 is 0 Å². The fourth-order valence-corrected chi connectivity index (χ4v) is 2.96. The Balaban J connectivity index is 1.79. The zero-order chi connectivity index (χ0) is 19.2. The highest BCUT2D eigenvalue weighted by molar-refractivity contribution is 5.99. The van der Waals surface area contributed by atoms with Crippen molar-refractivity contribution in [2.24, 2.45) is 5.92 Å². The smallest absolute Gasteiger partial charge is 0.257 e. The summed E-state index contributed by atoms with van der Waals surface area (Å²) in [5.41, 5.74) is 6.86. The number of carbonyl (C=O) groups is 1. The molecule has 144 valence electrons. The lowest BCUT2D eigenvalue weighted by molar-refractivity contribution is 0.0828.